The molecular formula is C23H20Cl2N2O3. The van der Waals surface area contributed by atoms with E-state index in [-0.39, 0.29) is 5.91 Å². The lowest BCUT2D eigenvalue weighted by atomic mass is 9.90. The number of hydrogen-bond donors (Lipinski definition) is 1. The first-order valence-corrected chi connectivity index (χ1v) is 10.2. The summed E-state index contributed by atoms with van der Waals surface area (Å²) in [4.78, 5) is 18.8. The van der Waals surface area contributed by atoms with E-state index in [0.717, 1.165) is 11.1 Å². The first-order chi connectivity index (χ1) is 14.5. The van der Waals surface area contributed by atoms with Gasteiger partial charge in [0.1, 0.15) is 12.2 Å². The fourth-order valence-electron chi connectivity index (χ4n) is 3.75. The molecule has 3 unspecified atom stereocenters. The number of morpholine rings is 1. The minimum Gasteiger partial charge on any atom is -0.385 e. The van der Waals surface area contributed by atoms with Crippen LogP contribution in [0.4, 0.5) is 0 Å². The number of amides is 1. The molecule has 0 radical (unpaired) electrons. The summed E-state index contributed by atoms with van der Waals surface area (Å²) in [7, 11) is 1.72. The average molecular weight is 443 g/mol. The first kappa shape index (κ1) is 20.8. The van der Waals surface area contributed by atoms with Gasteiger partial charge in [0.25, 0.3) is 5.91 Å². The van der Waals surface area contributed by atoms with Crippen LogP contribution < -0.4 is 0 Å². The van der Waals surface area contributed by atoms with Crippen molar-refractivity contribution >= 4 is 29.1 Å². The van der Waals surface area contributed by atoms with E-state index in [1.165, 1.54) is 0 Å². The van der Waals surface area contributed by atoms with Gasteiger partial charge in [-0.15, -0.1) is 0 Å². The van der Waals surface area contributed by atoms with Crippen molar-refractivity contribution in [3.05, 3.63) is 99.8 Å². The van der Waals surface area contributed by atoms with Crippen molar-refractivity contribution in [2.45, 2.75) is 24.4 Å². The summed E-state index contributed by atoms with van der Waals surface area (Å²) < 4.78 is 6.27. The van der Waals surface area contributed by atoms with Crippen molar-refractivity contribution in [3.8, 4) is 0 Å². The van der Waals surface area contributed by atoms with E-state index in [1.807, 2.05) is 24.3 Å². The zero-order chi connectivity index (χ0) is 21.3. The lowest BCUT2D eigenvalue weighted by Gasteiger charge is -2.44. The molecule has 1 N–H and O–H groups in total. The van der Waals surface area contributed by atoms with Gasteiger partial charge in [0.2, 0.25) is 0 Å². The van der Waals surface area contributed by atoms with Gasteiger partial charge in [0.15, 0.2) is 6.10 Å². The van der Waals surface area contributed by atoms with Crippen LogP contribution in [0.25, 0.3) is 0 Å². The molecule has 1 aliphatic rings. The van der Waals surface area contributed by atoms with Crippen LogP contribution in [0.15, 0.2) is 73.1 Å². The van der Waals surface area contributed by atoms with Crippen LogP contribution >= 0.6 is 23.2 Å². The molecule has 30 heavy (non-hydrogen) atoms. The third-order valence-electron chi connectivity index (χ3n) is 5.33. The largest absolute Gasteiger partial charge is 0.385 e. The molecule has 3 aromatic rings. The maximum atomic E-state index is 13.2. The van der Waals surface area contributed by atoms with E-state index in [0.29, 0.717) is 15.6 Å². The number of ether oxygens (including phenoxy) is 1. The van der Waals surface area contributed by atoms with Crippen molar-refractivity contribution in [2.75, 3.05) is 7.05 Å². The minimum atomic E-state index is -1.12. The third kappa shape index (κ3) is 4.07. The van der Waals surface area contributed by atoms with Gasteiger partial charge in [0, 0.05) is 29.5 Å². The van der Waals surface area contributed by atoms with E-state index in [9.17, 15) is 9.90 Å². The number of aliphatic hydroxyl groups is 1. The molecule has 5 nitrogen and oxygen atoms in total. The Morgan fingerprint density at radius 1 is 0.933 bits per heavy atom. The first-order valence-electron chi connectivity index (χ1n) is 9.47. The number of carbonyl (C=O) groups is 1. The van der Waals surface area contributed by atoms with Crippen LogP contribution in [0.1, 0.15) is 34.9 Å². The Kier molecular flexibility index (Phi) is 6.06. The zero-order valence-electron chi connectivity index (χ0n) is 16.2. The molecule has 7 heteroatoms. The van der Waals surface area contributed by atoms with Gasteiger partial charge >= 0.3 is 0 Å². The minimum absolute atomic E-state index is 0.301. The van der Waals surface area contributed by atoms with Crippen LogP contribution in [0.2, 0.25) is 10.0 Å². The van der Waals surface area contributed by atoms with Crippen LogP contribution in [-0.4, -0.2) is 34.0 Å². The molecule has 1 aromatic heterocycles. The van der Waals surface area contributed by atoms with Gasteiger partial charge < -0.3 is 14.7 Å². The summed E-state index contributed by atoms with van der Waals surface area (Å²) in [6.45, 7) is 0. The monoisotopic (exact) mass is 442 g/mol. The van der Waals surface area contributed by atoms with Crippen molar-refractivity contribution in [2.24, 2.45) is 0 Å². The Morgan fingerprint density at radius 3 is 2.03 bits per heavy atom. The van der Waals surface area contributed by atoms with Crippen molar-refractivity contribution in [1.82, 2.24) is 9.88 Å². The second-order valence-electron chi connectivity index (χ2n) is 7.20. The predicted molar refractivity (Wildman–Crippen MR) is 115 cm³/mol. The van der Waals surface area contributed by atoms with Crippen molar-refractivity contribution < 1.29 is 14.6 Å². The number of carbonyl (C=O) groups excluding carboxylic acids is 1. The molecule has 0 aliphatic carbocycles. The highest BCUT2D eigenvalue weighted by molar-refractivity contribution is 6.30. The highest BCUT2D eigenvalue weighted by atomic mass is 35.5. The highest BCUT2D eigenvalue weighted by Gasteiger charge is 2.45. The number of aromatic nitrogens is 1. The molecule has 154 valence electrons. The second-order valence-corrected chi connectivity index (χ2v) is 8.07. The zero-order valence-corrected chi connectivity index (χ0v) is 17.7. The second kappa shape index (κ2) is 8.74. The summed E-state index contributed by atoms with van der Waals surface area (Å²) in [6.07, 6.45) is 0.462. The maximum absolute atomic E-state index is 13.2. The predicted octanol–water partition coefficient (Wildman–Crippen LogP) is 4.76. The molecule has 0 saturated carbocycles. The number of halogens is 2. The van der Waals surface area contributed by atoms with E-state index in [4.69, 9.17) is 27.9 Å². The Labute approximate surface area is 184 Å². The number of pyridine rings is 1. The topological polar surface area (TPSA) is 62.7 Å². The van der Waals surface area contributed by atoms with Gasteiger partial charge in [-0.1, -0.05) is 47.5 Å². The molecule has 1 fully saturated rings. The van der Waals surface area contributed by atoms with Gasteiger partial charge in [-0.2, -0.15) is 0 Å². The lowest BCUT2D eigenvalue weighted by Crippen LogP contribution is -2.51. The Hall–Kier alpha value is -2.44. The quantitative estimate of drug-likeness (QED) is 0.632. The number of rotatable bonds is 4. The fraction of sp³-hybridized carbons (Fsp3) is 0.217. The standard InChI is InChI=1S/C23H20Cl2N2O3/c1-27-19(14-2-6-17(24)7-3-14)21(16-4-8-18(25)9-5-16)30-22(23(27)29)20(28)15-10-12-26-13-11-15/h2-13,19-22,28H,1H3/t19?,20?,21?,22-/m0/s1. The number of benzene rings is 2. The summed E-state index contributed by atoms with van der Waals surface area (Å²) in [5.41, 5.74) is 2.30. The molecule has 1 aliphatic heterocycles. The smallest absolute Gasteiger partial charge is 0.255 e. The fourth-order valence-corrected chi connectivity index (χ4v) is 4.00. The Bertz CT molecular complexity index is 1010. The number of aliphatic hydroxyl groups excluding tert-OH is 1. The molecule has 4 atom stereocenters. The van der Waals surface area contributed by atoms with Crippen LogP contribution in [-0.2, 0) is 9.53 Å². The highest BCUT2D eigenvalue weighted by Crippen LogP contribution is 2.43. The normalized spacial score (nSPS) is 22.7. The summed E-state index contributed by atoms with van der Waals surface area (Å²) in [5, 5.41) is 12.1. The van der Waals surface area contributed by atoms with Gasteiger partial charge in [-0.3, -0.25) is 9.78 Å². The summed E-state index contributed by atoms with van der Waals surface area (Å²) in [5.74, 6) is -0.301. The molecule has 2 heterocycles. The third-order valence-corrected chi connectivity index (χ3v) is 5.84. The van der Waals surface area contributed by atoms with Gasteiger partial charge in [-0.05, 0) is 53.1 Å². The van der Waals surface area contributed by atoms with Gasteiger partial charge in [0.05, 0.1) is 6.04 Å². The maximum Gasteiger partial charge on any atom is 0.255 e. The molecule has 2 aromatic carbocycles. The van der Waals surface area contributed by atoms with Crippen LogP contribution in [0.3, 0.4) is 0 Å². The van der Waals surface area contributed by atoms with Gasteiger partial charge in [-0.25, -0.2) is 0 Å². The molecule has 1 saturated heterocycles. The number of hydrogen-bond acceptors (Lipinski definition) is 4. The summed E-state index contributed by atoms with van der Waals surface area (Å²) in [6, 6.07) is 17.6. The van der Waals surface area contributed by atoms with E-state index >= 15 is 0 Å². The molecule has 1 amide bonds. The van der Waals surface area contributed by atoms with Crippen molar-refractivity contribution in [3.63, 3.8) is 0 Å². The molecule has 0 bridgehead atoms. The Morgan fingerprint density at radius 2 is 1.47 bits per heavy atom. The average Bonchev–Trinajstić information content (AvgIpc) is 2.77. The Balaban J connectivity index is 1.74. The molecule has 4 rings (SSSR count). The molecule has 0 spiro atoms. The lowest BCUT2D eigenvalue weighted by molar-refractivity contribution is -0.185. The van der Waals surface area contributed by atoms with E-state index in [2.05, 4.69) is 4.98 Å². The molecular weight excluding hydrogens is 423 g/mol. The number of nitrogens with zero attached hydrogens (tertiary/aromatic N) is 2. The van der Waals surface area contributed by atoms with E-state index in [1.54, 1.807) is 60.7 Å². The number of likely N-dealkylation sites (N-methyl/N-ethyl adjacent to an activating group) is 1. The van der Waals surface area contributed by atoms with Crippen LogP contribution in [0, 0.1) is 0 Å². The SMILES string of the molecule is CN1C(=O)[C@H](C(O)c2ccncc2)OC(c2ccc(Cl)cc2)C1c1ccc(Cl)cc1. The summed E-state index contributed by atoms with van der Waals surface area (Å²) >= 11 is 12.1. The van der Waals surface area contributed by atoms with Crippen molar-refractivity contribution in [1.29, 1.82) is 0 Å². The van der Waals surface area contributed by atoms with Crippen LogP contribution in [0.5, 0.6) is 0 Å². The van der Waals surface area contributed by atoms with E-state index < -0.39 is 24.4 Å².